The summed E-state index contributed by atoms with van der Waals surface area (Å²) in [5.74, 6) is 0.331. The van der Waals surface area contributed by atoms with Crippen LogP contribution in [0.2, 0.25) is 0 Å². The third-order valence-corrected chi connectivity index (χ3v) is 7.48. The van der Waals surface area contributed by atoms with Gasteiger partial charge in [0.1, 0.15) is 0 Å². The molecule has 0 bridgehead atoms. The zero-order chi connectivity index (χ0) is 17.7. The summed E-state index contributed by atoms with van der Waals surface area (Å²) in [5.41, 5.74) is 1.80. The van der Waals surface area contributed by atoms with Crippen LogP contribution in [0.15, 0.2) is 59.5 Å². The molecule has 0 saturated carbocycles. The molecule has 3 rings (SSSR count). The fraction of sp³-hybridized carbons (Fsp3) is 0.316. The van der Waals surface area contributed by atoms with Crippen LogP contribution in [0.1, 0.15) is 22.3 Å². The predicted molar refractivity (Wildman–Crippen MR) is 102 cm³/mol. The maximum Gasteiger partial charge on any atom is 0.252 e. The number of thioether (sulfide) groups is 1. The molecule has 1 saturated heterocycles. The van der Waals surface area contributed by atoms with Gasteiger partial charge in [0.25, 0.3) is 5.91 Å². The first-order chi connectivity index (χ1) is 12.0. The largest absolute Gasteiger partial charge is 0.352 e. The standard InChI is InChI=1S/C19H21NO3S2/c21-19(20-12-10-15-6-2-1-3-7-15)17-8-4-5-9-18(17)24-16-11-13-25(22,23)14-16/h1-9,16H,10-14H2,(H,20,21)/t16-/m1/s1. The highest BCUT2D eigenvalue weighted by molar-refractivity contribution is 8.02. The van der Waals surface area contributed by atoms with Gasteiger partial charge in [-0.25, -0.2) is 8.42 Å². The highest BCUT2D eigenvalue weighted by Gasteiger charge is 2.29. The van der Waals surface area contributed by atoms with Crippen molar-refractivity contribution in [3.63, 3.8) is 0 Å². The topological polar surface area (TPSA) is 63.2 Å². The first-order valence-corrected chi connectivity index (χ1v) is 11.0. The van der Waals surface area contributed by atoms with Gasteiger partial charge in [-0.3, -0.25) is 4.79 Å². The van der Waals surface area contributed by atoms with Gasteiger partial charge in [-0.2, -0.15) is 0 Å². The average molecular weight is 376 g/mol. The van der Waals surface area contributed by atoms with E-state index in [0.717, 1.165) is 11.3 Å². The lowest BCUT2D eigenvalue weighted by Crippen LogP contribution is -2.26. The molecule has 1 N–H and O–H groups in total. The molecule has 0 aliphatic carbocycles. The van der Waals surface area contributed by atoms with Gasteiger partial charge < -0.3 is 5.32 Å². The summed E-state index contributed by atoms with van der Waals surface area (Å²) in [6.45, 7) is 0.569. The SMILES string of the molecule is O=C(NCCc1ccccc1)c1ccccc1S[C@@H]1CCS(=O)(=O)C1. The molecule has 0 unspecified atom stereocenters. The summed E-state index contributed by atoms with van der Waals surface area (Å²) in [4.78, 5) is 13.4. The number of rotatable bonds is 6. The Kier molecular flexibility index (Phi) is 5.81. The Labute approximate surface area is 152 Å². The summed E-state index contributed by atoms with van der Waals surface area (Å²) in [6, 6.07) is 17.4. The first kappa shape index (κ1) is 18.0. The van der Waals surface area contributed by atoms with E-state index in [9.17, 15) is 13.2 Å². The van der Waals surface area contributed by atoms with E-state index in [1.54, 1.807) is 6.07 Å². The maximum absolute atomic E-state index is 12.5. The Bertz CT molecular complexity index is 835. The number of nitrogens with one attached hydrogen (secondary N) is 1. The Morgan fingerprint density at radius 2 is 1.80 bits per heavy atom. The highest BCUT2D eigenvalue weighted by atomic mass is 32.2. The van der Waals surface area contributed by atoms with Crippen molar-refractivity contribution in [1.29, 1.82) is 0 Å². The normalized spacial score (nSPS) is 18.8. The fourth-order valence-corrected chi connectivity index (χ4v) is 6.48. The molecule has 0 spiro atoms. The van der Waals surface area contributed by atoms with Gasteiger partial charge in [0.05, 0.1) is 17.1 Å². The monoisotopic (exact) mass is 375 g/mol. The second-order valence-corrected chi connectivity index (χ2v) is 9.70. The van der Waals surface area contributed by atoms with E-state index in [4.69, 9.17) is 0 Å². The Morgan fingerprint density at radius 3 is 2.52 bits per heavy atom. The molecule has 4 nitrogen and oxygen atoms in total. The number of carbonyl (C=O) groups excluding carboxylic acids is 1. The Hall–Kier alpha value is -1.79. The number of hydrogen-bond acceptors (Lipinski definition) is 4. The van der Waals surface area contributed by atoms with Crippen LogP contribution in [0, 0.1) is 0 Å². The van der Waals surface area contributed by atoms with Gasteiger partial charge in [-0.1, -0.05) is 42.5 Å². The molecule has 1 amide bonds. The van der Waals surface area contributed by atoms with Crippen molar-refractivity contribution in [2.75, 3.05) is 18.1 Å². The minimum absolute atomic E-state index is 0.0308. The van der Waals surface area contributed by atoms with Crippen LogP contribution in [0.3, 0.4) is 0 Å². The fourth-order valence-electron chi connectivity index (χ4n) is 2.85. The van der Waals surface area contributed by atoms with Crippen LogP contribution in [0.4, 0.5) is 0 Å². The Morgan fingerprint density at radius 1 is 1.08 bits per heavy atom. The van der Waals surface area contributed by atoms with E-state index in [2.05, 4.69) is 5.32 Å². The van der Waals surface area contributed by atoms with Crippen molar-refractivity contribution in [2.45, 2.75) is 23.0 Å². The molecule has 25 heavy (non-hydrogen) atoms. The molecule has 1 aliphatic heterocycles. The van der Waals surface area contributed by atoms with Crippen molar-refractivity contribution in [3.05, 3.63) is 65.7 Å². The van der Waals surface area contributed by atoms with Crippen LogP contribution in [-0.2, 0) is 16.3 Å². The van der Waals surface area contributed by atoms with Crippen molar-refractivity contribution < 1.29 is 13.2 Å². The second kappa shape index (κ2) is 8.06. The maximum atomic E-state index is 12.5. The average Bonchev–Trinajstić information content (AvgIpc) is 2.95. The van der Waals surface area contributed by atoms with Crippen LogP contribution >= 0.6 is 11.8 Å². The molecular formula is C19H21NO3S2. The summed E-state index contributed by atoms with van der Waals surface area (Å²) >= 11 is 1.50. The van der Waals surface area contributed by atoms with Gasteiger partial charge in [0, 0.05) is 16.7 Å². The second-order valence-electron chi connectivity index (χ2n) is 6.13. The summed E-state index contributed by atoms with van der Waals surface area (Å²) in [5, 5.41) is 2.99. The molecule has 1 fully saturated rings. The third-order valence-electron chi connectivity index (χ3n) is 4.16. The molecule has 132 valence electrons. The molecule has 0 radical (unpaired) electrons. The van der Waals surface area contributed by atoms with Crippen LogP contribution < -0.4 is 5.32 Å². The van der Waals surface area contributed by atoms with E-state index in [1.165, 1.54) is 17.3 Å². The van der Waals surface area contributed by atoms with Gasteiger partial charge in [0.2, 0.25) is 0 Å². The zero-order valence-electron chi connectivity index (χ0n) is 13.9. The highest BCUT2D eigenvalue weighted by Crippen LogP contribution is 2.33. The number of benzene rings is 2. The minimum atomic E-state index is -2.91. The predicted octanol–water partition coefficient (Wildman–Crippen LogP) is 2.94. The molecule has 0 aromatic heterocycles. The molecular weight excluding hydrogens is 354 g/mol. The van der Waals surface area contributed by atoms with E-state index >= 15 is 0 Å². The molecule has 1 heterocycles. The minimum Gasteiger partial charge on any atom is -0.352 e. The van der Waals surface area contributed by atoms with Crippen LogP contribution in [-0.4, -0.2) is 37.6 Å². The van der Waals surface area contributed by atoms with E-state index in [-0.39, 0.29) is 22.7 Å². The van der Waals surface area contributed by atoms with Gasteiger partial charge >= 0.3 is 0 Å². The first-order valence-electron chi connectivity index (χ1n) is 8.32. The molecule has 6 heteroatoms. The molecule has 2 aromatic rings. The van der Waals surface area contributed by atoms with Crippen molar-refractivity contribution >= 4 is 27.5 Å². The lowest BCUT2D eigenvalue weighted by atomic mass is 10.1. The number of hydrogen-bond donors (Lipinski definition) is 1. The van der Waals surface area contributed by atoms with Gasteiger partial charge in [-0.05, 0) is 30.5 Å². The van der Waals surface area contributed by atoms with Crippen molar-refractivity contribution in [2.24, 2.45) is 0 Å². The molecule has 1 aliphatic rings. The zero-order valence-corrected chi connectivity index (χ0v) is 15.5. The Balaban J connectivity index is 1.61. The van der Waals surface area contributed by atoms with E-state index in [1.807, 2.05) is 48.5 Å². The smallest absolute Gasteiger partial charge is 0.252 e. The lowest BCUT2D eigenvalue weighted by molar-refractivity contribution is 0.0951. The number of sulfone groups is 1. The van der Waals surface area contributed by atoms with Crippen LogP contribution in [0.5, 0.6) is 0 Å². The van der Waals surface area contributed by atoms with E-state index < -0.39 is 9.84 Å². The molecule has 1 atom stereocenters. The van der Waals surface area contributed by atoms with Gasteiger partial charge in [-0.15, -0.1) is 11.8 Å². The van der Waals surface area contributed by atoms with E-state index in [0.29, 0.717) is 18.5 Å². The van der Waals surface area contributed by atoms with Crippen LogP contribution in [0.25, 0.3) is 0 Å². The quantitative estimate of drug-likeness (QED) is 0.843. The van der Waals surface area contributed by atoms with Gasteiger partial charge in [0.15, 0.2) is 9.84 Å². The summed E-state index contributed by atoms with van der Waals surface area (Å²) in [6.07, 6.45) is 1.43. The third kappa shape index (κ3) is 5.09. The number of amides is 1. The summed E-state index contributed by atoms with van der Waals surface area (Å²) in [7, 11) is -2.91. The van der Waals surface area contributed by atoms with Crippen molar-refractivity contribution in [1.82, 2.24) is 5.32 Å². The lowest BCUT2D eigenvalue weighted by Gasteiger charge is -2.12. The summed E-state index contributed by atoms with van der Waals surface area (Å²) < 4.78 is 23.3. The number of carbonyl (C=O) groups is 1. The van der Waals surface area contributed by atoms with Crippen molar-refractivity contribution in [3.8, 4) is 0 Å². The molecule has 2 aromatic carbocycles.